The monoisotopic (exact) mass is 1270 g/mol. The molecule has 0 atom stereocenters. The highest BCUT2D eigenvalue weighted by atomic mass is 32.1. The van der Waals surface area contributed by atoms with Crippen molar-refractivity contribution in [2.45, 2.75) is 54.1 Å². The first-order valence-corrected chi connectivity index (χ1v) is 30.7. The van der Waals surface area contributed by atoms with E-state index in [2.05, 4.69) is 70.6 Å². The number of morpholine rings is 1. The van der Waals surface area contributed by atoms with E-state index < -0.39 is 11.8 Å². The fourth-order valence-corrected chi connectivity index (χ4v) is 9.53. The molecule has 4 aromatic carbocycles. The second-order valence-electron chi connectivity index (χ2n) is 21.9. The van der Waals surface area contributed by atoms with Crippen molar-refractivity contribution in [1.29, 1.82) is 0 Å². The minimum absolute atomic E-state index is 0.189. The van der Waals surface area contributed by atoms with Crippen LogP contribution >= 0.6 is 22.7 Å². The van der Waals surface area contributed by atoms with Crippen molar-refractivity contribution >= 4 is 52.5 Å². The Morgan fingerprint density at radius 1 is 0.489 bits per heavy atom. The predicted octanol–water partition coefficient (Wildman–Crippen LogP) is 9.95. The third-order valence-electron chi connectivity index (χ3n) is 13.2. The van der Waals surface area contributed by atoms with Gasteiger partial charge < -0.3 is 64.2 Å². The number of esters is 2. The van der Waals surface area contributed by atoms with Gasteiger partial charge in [0.25, 0.3) is 0 Å². The molecule has 0 radical (unpaired) electrons. The molecule has 4 aromatic heterocycles. The molecule has 0 unspecified atom stereocenters. The number of likely N-dealkylation sites (N-methyl/N-ethyl adjacent to an activating group) is 3. The lowest BCUT2D eigenvalue weighted by Gasteiger charge is -2.33. The largest absolute Gasteiger partial charge is 0.465 e. The Hall–Kier alpha value is -8.49. The maximum Gasteiger partial charge on any atom is 0.410 e. The topological polar surface area (TPSA) is 277 Å². The maximum absolute atomic E-state index is 11.6. The van der Waals surface area contributed by atoms with Crippen LogP contribution in [0.4, 0.5) is 4.79 Å². The molecule has 3 aliphatic rings. The molecule has 90 heavy (non-hydrogen) atoms. The highest BCUT2D eigenvalue weighted by Gasteiger charge is 2.24. The predicted molar refractivity (Wildman–Crippen MR) is 352 cm³/mol. The number of nitrogens with two attached hydrogens (primary N) is 2. The smallest absolute Gasteiger partial charge is 0.410 e. The molecule has 0 aliphatic carbocycles. The summed E-state index contributed by atoms with van der Waals surface area (Å²) in [6, 6.07) is 28.1. The van der Waals surface area contributed by atoms with E-state index >= 15 is 0 Å². The SMILES string of the molecule is CN1CCN(C(=O)OC(C)(C)C)CC1.CN1CCNCC1.CN1CCOCC1.COC(=O)c1ccc(-c2ncc(C)o2)cc1.COC(=O)c1ccc(-c2ncc(C)s2)cc1.Cc1cnc(-c2ccc(C(N)=O)cc2)o1.Cc1cnc(-c2ccc(C(N)=O)cc2)s1. The molecule has 0 saturated carbocycles. The molecule has 0 spiro atoms. The van der Waals surface area contributed by atoms with Crippen molar-refractivity contribution in [2.75, 3.05) is 114 Å². The average molecular weight is 1270 g/mol. The summed E-state index contributed by atoms with van der Waals surface area (Å²) in [7, 11) is 9.06. The Labute approximate surface area is 535 Å². The average Bonchev–Trinajstić information content (AvgIpc) is 4.29. The number of nitrogens with one attached hydrogen (secondary N) is 1. The van der Waals surface area contributed by atoms with Crippen molar-refractivity contribution in [1.82, 2.24) is 44.9 Å². The fourth-order valence-electron chi connectivity index (χ4n) is 7.99. The van der Waals surface area contributed by atoms with Crippen LogP contribution in [0.3, 0.4) is 0 Å². The second-order valence-corrected chi connectivity index (χ2v) is 24.3. The Morgan fingerprint density at radius 3 is 1.12 bits per heavy atom. The van der Waals surface area contributed by atoms with Gasteiger partial charge in [-0.2, -0.15) is 0 Å². The molecule has 11 rings (SSSR count). The van der Waals surface area contributed by atoms with E-state index in [0.717, 1.165) is 109 Å². The van der Waals surface area contributed by atoms with Crippen LogP contribution in [0, 0.1) is 27.7 Å². The van der Waals surface area contributed by atoms with Crippen molar-refractivity contribution < 1.29 is 51.8 Å². The molecule has 3 amide bonds. The van der Waals surface area contributed by atoms with E-state index in [-0.39, 0.29) is 23.6 Å². The molecular weight excluding hydrogens is 1190 g/mol. The normalized spacial score (nSPS) is 14.0. The van der Waals surface area contributed by atoms with Crippen LogP contribution in [0.25, 0.3) is 44.1 Å². The molecule has 24 heteroatoms. The number of thiazole rings is 2. The number of carbonyl (C=O) groups excluding carboxylic acids is 5. The van der Waals surface area contributed by atoms with E-state index in [1.54, 1.807) is 113 Å². The lowest BCUT2D eigenvalue weighted by molar-refractivity contribution is 0.0164. The molecule has 22 nitrogen and oxygen atoms in total. The zero-order valence-corrected chi connectivity index (χ0v) is 55.2. The lowest BCUT2D eigenvalue weighted by Crippen LogP contribution is -2.48. The van der Waals surface area contributed by atoms with Gasteiger partial charge in [0.1, 0.15) is 27.1 Å². The molecule has 8 aromatic rings. The van der Waals surface area contributed by atoms with Crippen LogP contribution in [0.2, 0.25) is 0 Å². The Kier molecular flexibility index (Phi) is 29.6. The van der Waals surface area contributed by atoms with Crippen LogP contribution in [-0.2, 0) is 18.9 Å². The van der Waals surface area contributed by atoms with Gasteiger partial charge in [-0.3, -0.25) is 9.59 Å². The van der Waals surface area contributed by atoms with Gasteiger partial charge in [0, 0.05) is 121 Å². The number of amides is 3. The molecular formula is C66H85N11O11S2. The lowest BCUT2D eigenvalue weighted by atomic mass is 10.1. The molecule has 3 saturated heterocycles. The van der Waals surface area contributed by atoms with E-state index in [1.807, 2.05) is 85.1 Å². The number of benzene rings is 4. The highest BCUT2D eigenvalue weighted by Crippen LogP contribution is 2.27. The summed E-state index contributed by atoms with van der Waals surface area (Å²) in [5.74, 6) is 1.09. The van der Waals surface area contributed by atoms with Crippen LogP contribution in [0.1, 0.15) is 83.5 Å². The number of piperazine rings is 2. The summed E-state index contributed by atoms with van der Waals surface area (Å²) < 4.78 is 30.3. The molecule has 7 heterocycles. The van der Waals surface area contributed by atoms with Crippen LogP contribution in [-0.4, -0.2) is 189 Å². The van der Waals surface area contributed by atoms with E-state index in [4.69, 9.17) is 29.8 Å². The number of hydrogen-bond acceptors (Lipinski definition) is 21. The highest BCUT2D eigenvalue weighted by molar-refractivity contribution is 7.15. The Morgan fingerprint density at radius 2 is 0.844 bits per heavy atom. The summed E-state index contributed by atoms with van der Waals surface area (Å²) in [6.45, 7) is 25.5. The first kappa shape index (κ1) is 72.3. The number of primary amides is 2. The molecule has 482 valence electrons. The van der Waals surface area contributed by atoms with Crippen molar-refractivity contribution in [2.24, 2.45) is 11.5 Å². The van der Waals surface area contributed by atoms with Crippen LogP contribution < -0.4 is 16.8 Å². The summed E-state index contributed by atoms with van der Waals surface area (Å²) in [5, 5.41) is 5.20. The standard InChI is InChI=1S/C12H11NO3.C12H11NO2S.C11H10N2O2.C11H10N2OS.C10H20N2O2.C5H12N2.C5H11NO/c2*1-8-7-13-11(16-8)9-3-5-10(6-4-9)12(14)15-2;2*1-7-6-13-11(15-7)9-4-2-8(3-5-9)10(12)14;1-10(2,3)14-9(13)12-7-5-11(4)6-8-12;1-7-4-2-6-3-5-7;1-6-2-4-7-5-3-6/h2*3-7H,1-2H3;2*2-6H,1H3,(H2,12,14);5-8H2,1-4H3;6H,2-5H2,1H3;2-5H2,1H3. The van der Waals surface area contributed by atoms with Gasteiger partial charge in [-0.15, -0.1) is 22.7 Å². The van der Waals surface area contributed by atoms with Crippen LogP contribution in [0.5, 0.6) is 0 Å². The first-order valence-electron chi connectivity index (χ1n) is 29.1. The quantitative estimate of drug-likeness (QED) is 0.0942. The molecule has 3 fully saturated rings. The molecule has 0 bridgehead atoms. The van der Waals surface area contributed by atoms with E-state index in [0.29, 0.717) is 34.0 Å². The summed E-state index contributed by atoms with van der Waals surface area (Å²) in [6.07, 6.45) is 6.79. The van der Waals surface area contributed by atoms with Crippen LogP contribution in [0.15, 0.2) is 131 Å². The third-order valence-corrected chi connectivity index (χ3v) is 15.1. The number of ether oxygens (including phenoxy) is 4. The minimum Gasteiger partial charge on any atom is -0.465 e. The second kappa shape index (κ2) is 36.9. The summed E-state index contributed by atoms with van der Waals surface area (Å²) >= 11 is 3.26. The van der Waals surface area contributed by atoms with E-state index in [9.17, 15) is 24.0 Å². The maximum atomic E-state index is 11.6. The number of aromatic nitrogens is 4. The minimum atomic E-state index is -0.440. The number of oxazole rings is 2. The van der Waals surface area contributed by atoms with Gasteiger partial charge in [0.2, 0.25) is 23.6 Å². The number of hydrogen-bond donors (Lipinski definition) is 3. The van der Waals surface area contributed by atoms with Gasteiger partial charge in [0.05, 0.1) is 51.0 Å². The Balaban J connectivity index is 0.000000194. The zero-order valence-electron chi connectivity index (χ0n) is 53.6. The number of carbonyl (C=O) groups is 5. The summed E-state index contributed by atoms with van der Waals surface area (Å²) in [5.41, 5.74) is 15.6. The van der Waals surface area contributed by atoms with Gasteiger partial charge in [-0.05, 0) is 142 Å². The summed E-state index contributed by atoms with van der Waals surface area (Å²) in [4.78, 5) is 83.4. The van der Waals surface area contributed by atoms with Gasteiger partial charge in [-0.25, -0.2) is 34.3 Å². The molecule has 3 aliphatic heterocycles. The van der Waals surface area contributed by atoms with Crippen molar-refractivity contribution in [3.8, 4) is 44.1 Å². The van der Waals surface area contributed by atoms with E-state index in [1.165, 1.54) is 37.1 Å². The number of methoxy groups -OCH3 is 2. The number of rotatable bonds is 8. The third kappa shape index (κ3) is 25.5. The Bertz CT molecular complexity index is 3240. The number of aryl methyl sites for hydroxylation is 4. The zero-order chi connectivity index (χ0) is 65.8. The molecule has 5 N–H and O–H groups in total. The van der Waals surface area contributed by atoms with Gasteiger partial charge in [-0.1, -0.05) is 24.3 Å². The van der Waals surface area contributed by atoms with Gasteiger partial charge in [0.15, 0.2) is 0 Å². The number of nitrogens with zero attached hydrogens (tertiary/aromatic N) is 8. The van der Waals surface area contributed by atoms with Crippen molar-refractivity contribution in [3.05, 3.63) is 165 Å². The van der Waals surface area contributed by atoms with Gasteiger partial charge >= 0.3 is 18.0 Å². The van der Waals surface area contributed by atoms with Crippen molar-refractivity contribution in [3.63, 3.8) is 0 Å². The fraction of sp³-hybridized carbons (Fsp3) is 0.379. The first-order chi connectivity index (χ1) is 42.9.